The summed E-state index contributed by atoms with van der Waals surface area (Å²) in [4.78, 5) is 18.1. The first-order valence-corrected chi connectivity index (χ1v) is 11.2. The predicted molar refractivity (Wildman–Crippen MR) is 144 cm³/mol. The van der Waals surface area contributed by atoms with E-state index in [1.165, 1.54) is 0 Å². The Hall–Kier alpha value is -2.33. The SMILES string of the molecule is CCOCCOc1cc(C)ccc1CNC(=NC)NCc1ccc(N2CCCC2=O)cc1.I. The molecule has 7 nitrogen and oxygen atoms in total. The highest BCUT2D eigenvalue weighted by Gasteiger charge is 2.21. The van der Waals surface area contributed by atoms with E-state index in [2.05, 4.69) is 34.7 Å². The number of carbonyl (C=O) groups excluding carboxylic acids is 1. The Balaban J connectivity index is 0.00000385. The van der Waals surface area contributed by atoms with Crippen LogP contribution in [0.2, 0.25) is 0 Å². The maximum atomic E-state index is 11.9. The number of nitrogens with zero attached hydrogens (tertiary/aromatic N) is 2. The van der Waals surface area contributed by atoms with Crippen molar-refractivity contribution in [3.63, 3.8) is 0 Å². The molecule has 180 valence electrons. The number of ether oxygens (including phenoxy) is 2. The second-order valence-corrected chi connectivity index (χ2v) is 7.75. The van der Waals surface area contributed by atoms with Gasteiger partial charge in [-0.15, -0.1) is 24.0 Å². The molecule has 0 spiro atoms. The van der Waals surface area contributed by atoms with Crippen LogP contribution < -0.4 is 20.3 Å². The molecule has 0 atom stereocenters. The number of amides is 1. The van der Waals surface area contributed by atoms with Crippen LogP contribution in [0.5, 0.6) is 5.75 Å². The van der Waals surface area contributed by atoms with Gasteiger partial charge in [-0.2, -0.15) is 0 Å². The quantitative estimate of drug-likeness (QED) is 0.197. The van der Waals surface area contributed by atoms with Gasteiger partial charge in [0.2, 0.25) is 5.91 Å². The summed E-state index contributed by atoms with van der Waals surface area (Å²) in [5.41, 5.74) is 4.31. The van der Waals surface area contributed by atoms with E-state index in [1.807, 2.05) is 42.2 Å². The fourth-order valence-electron chi connectivity index (χ4n) is 3.60. The lowest BCUT2D eigenvalue weighted by Gasteiger charge is -2.17. The fourth-order valence-corrected chi connectivity index (χ4v) is 3.60. The Morgan fingerprint density at radius 1 is 1.09 bits per heavy atom. The lowest BCUT2D eigenvalue weighted by molar-refractivity contribution is -0.117. The Kier molecular flexibility index (Phi) is 11.5. The van der Waals surface area contributed by atoms with Crippen molar-refractivity contribution in [2.45, 2.75) is 39.8 Å². The summed E-state index contributed by atoms with van der Waals surface area (Å²) in [7, 11) is 1.76. The highest BCUT2D eigenvalue weighted by atomic mass is 127. The number of aryl methyl sites for hydroxylation is 1. The molecule has 0 saturated carbocycles. The number of halogens is 1. The van der Waals surface area contributed by atoms with Crippen molar-refractivity contribution >= 4 is 41.5 Å². The van der Waals surface area contributed by atoms with Crippen LogP contribution in [0.4, 0.5) is 5.69 Å². The second kappa shape index (κ2) is 14.0. The van der Waals surface area contributed by atoms with Gasteiger partial charge in [0.1, 0.15) is 12.4 Å². The van der Waals surface area contributed by atoms with Crippen LogP contribution in [0, 0.1) is 6.92 Å². The van der Waals surface area contributed by atoms with Crippen LogP contribution >= 0.6 is 24.0 Å². The van der Waals surface area contributed by atoms with Gasteiger partial charge in [0.15, 0.2) is 5.96 Å². The molecule has 33 heavy (non-hydrogen) atoms. The molecule has 1 amide bonds. The summed E-state index contributed by atoms with van der Waals surface area (Å²) in [6, 6.07) is 14.3. The zero-order valence-electron chi connectivity index (χ0n) is 19.7. The summed E-state index contributed by atoms with van der Waals surface area (Å²) in [5.74, 6) is 1.78. The summed E-state index contributed by atoms with van der Waals surface area (Å²) < 4.78 is 11.3. The average molecular weight is 566 g/mol. The van der Waals surface area contributed by atoms with E-state index in [9.17, 15) is 4.79 Å². The van der Waals surface area contributed by atoms with Crippen molar-refractivity contribution in [2.75, 3.05) is 38.3 Å². The molecule has 0 aliphatic carbocycles. The molecule has 0 aromatic heterocycles. The molecule has 2 aromatic carbocycles. The average Bonchev–Trinajstić information content (AvgIpc) is 3.24. The van der Waals surface area contributed by atoms with Crippen molar-refractivity contribution in [1.82, 2.24) is 10.6 Å². The van der Waals surface area contributed by atoms with E-state index in [0.29, 0.717) is 45.3 Å². The van der Waals surface area contributed by atoms with Crippen LogP contribution in [0.1, 0.15) is 36.5 Å². The summed E-state index contributed by atoms with van der Waals surface area (Å²) in [6.45, 7) is 7.86. The normalized spacial score (nSPS) is 13.6. The van der Waals surface area contributed by atoms with Crippen LogP contribution in [-0.4, -0.2) is 45.3 Å². The first-order chi connectivity index (χ1) is 15.6. The molecule has 1 aliphatic rings. The molecular weight excluding hydrogens is 531 g/mol. The maximum Gasteiger partial charge on any atom is 0.227 e. The minimum atomic E-state index is 0. The molecule has 1 heterocycles. The van der Waals surface area contributed by atoms with Crippen molar-refractivity contribution in [3.05, 3.63) is 59.2 Å². The number of carbonyl (C=O) groups is 1. The third kappa shape index (κ3) is 8.19. The molecule has 1 saturated heterocycles. The van der Waals surface area contributed by atoms with E-state index in [4.69, 9.17) is 9.47 Å². The molecular formula is C25H35IN4O3. The lowest BCUT2D eigenvalue weighted by Crippen LogP contribution is -2.36. The summed E-state index contributed by atoms with van der Waals surface area (Å²) in [6.07, 6.45) is 1.58. The van der Waals surface area contributed by atoms with Crippen LogP contribution in [0.15, 0.2) is 47.5 Å². The molecule has 0 bridgehead atoms. The van der Waals surface area contributed by atoms with Crippen molar-refractivity contribution in [3.8, 4) is 5.75 Å². The van der Waals surface area contributed by atoms with Gasteiger partial charge in [-0.05, 0) is 49.6 Å². The smallest absolute Gasteiger partial charge is 0.227 e. The van der Waals surface area contributed by atoms with E-state index < -0.39 is 0 Å². The zero-order valence-corrected chi connectivity index (χ0v) is 22.1. The van der Waals surface area contributed by atoms with Crippen LogP contribution in [-0.2, 0) is 22.6 Å². The zero-order chi connectivity index (χ0) is 22.8. The van der Waals surface area contributed by atoms with E-state index in [0.717, 1.165) is 41.1 Å². The number of rotatable bonds is 10. The molecule has 0 radical (unpaired) electrons. The van der Waals surface area contributed by atoms with Crippen molar-refractivity contribution < 1.29 is 14.3 Å². The molecule has 2 N–H and O–H groups in total. The minimum absolute atomic E-state index is 0. The molecule has 2 aromatic rings. The molecule has 3 rings (SSSR count). The number of hydrogen-bond acceptors (Lipinski definition) is 4. The van der Waals surface area contributed by atoms with Gasteiger partial charge in [-0.25, -0.2) is 0 Å². The van der Waals surface area contributed by atoms with Crippen LogP contribution in [0.25, 0.3) is 0 Å². The van der Waals surface area contributed by atoms with Gasteiger partial charge in [0.25, 0.3) is 0 Å². The maximum absolute atomic E-state index is 11.9. The van der Waals surface area contributed by atoms with E-state index >= 15 is 0 Å². The van der Waals surface area contributed by atoms with Gasteiger partial charge in [-0.1, -0.05) is 24.3 Å². The Morgan fingerprint density at radius 2 is 1.85 bits per heavy atom. The van der Waals surface area contributed by atoms with Gasteiger partial charge in [-0.3, -0.25) is 9.79 Å². The highest BCUT2D eigenvalue weighted by molar-refractivity contribution is 14.0. The lowest BCUT2D eigenvalue weighted by atomic mass is 10.1. The van der Waals surface area contributed by atoms with Gasteiger partial charge < -0.3 is 25.0 Å². The summed E-state index contributed by atoms with van der Waals surface area (Å²) in [5, 5.41) is 6.70. The molecule has 1 fully saturated rings. The van der Waals surface area contributed by atoms with Gasteiger partial charge in [0, 0.05) is 51.0 Å². The number of benzene rings is 2. The largest absolute Gasteiger partial charge is 0.491 e. The third-order valence-electron chi connectivity index (χ3n) is 5.36. The standard InChI is InChI=1S/C25H34N4O3.HI/c1-4-31-14-15-32-23-16-19(2)7-10-21(23)18-28-25(26-3)27-17-20-8-11-22(12-9-20)29-13-5-6-24(29)30;/h7-12,16H,4-6,13-15,17-18H2,1-3H3,(H2,26,27,28);1H. The first kappa shape index (κ1) is 26.9. The topological polar surface area (TPSA) is 75.2 Å². The first-order valence-electron chi connectivity index (χ1n) is 11.2. The molecule has 1 aliphatic heterocycles. The second-order valence-electron chi connectivity index (χ2n) is 7.75. The van der Waals surface area contributed by atoms with Crippen molar-refractivity contribution in [2.24, 2.45) is 4.99 Å². The molecule has 0 unspecified atom stereocenters. The Bertz CT molecular complexity index is 918. The number of hydrogen-bond donors (Lipinski definition) is 2. The highest BCUT2D eigenvalue weighted by Crippen LogP contribution is 2.22. The predicted octanol–water partition coefficient (Wildman–Crippen LogP) is 4.02. The minimum Gasteiger partial charge on any atom is -0.491 e. The number of aliphatic imine (C=N–C) groups is 1. The Labute approximate surface area is 214 Å². The molecule has 8 heteroatoms. The van der Waals surface area contributed by atoms with Gasteiger partial charge >= 0.3 is 0 Å². The number of nitrogens with one attached hydrogen (secondary N) is 2. The van der Waals surface area contributed by atoms with E-state index in [1.54, 1.807) is 7.05 Å². The van der Waals surface area contributed by atoms with Crippen molar-refractivity contribution in [1.29, 1.82) is 0 Å². The van der Waals surface area contributed by atoms with Gasteiger partial charge in [0.05, 0.1) is 6.61 Å². The van der Waals surface area contributed by atoms with E-state index in [-0.39, 0.29) is 29.9 Å². The monoisotopic (exact) mass is 566 g/mol. The number of guanidine groups is 1. The van der Waals surface area contributed by atoms with Crippen LogP contribution in [0.3, 0.4) is 0 Å². The number of anilines is 1. The summed E-state index contributed by atoms with van der Waals surface area (Å²) >= 11 is 0. The third-order valence-corrected chi connectivity index (χ3v) is 5.36. The fraction of sp³-hybridized carbons (Fsp3) is 0.440. The Morgan fingerprint density at radius 3 is 2.52 bits per heavy atom.